The molecule has 9 heteroatoms. The average Bonchev–Trinajstić information content (AvgIpc) is 3.11. The SMILES string of the molecule is CCC[C@@H]1C=C[C@H]2[C@H](C(=O)N([C@H](C)CO)[C@@H]2C(=O)NCCN2CCOCC2)[C@@H]1C(=O)NC. The molecule has 2 fully saturated rings. The minimum atomic E-state index is -0.731. The monoisotopic (exact) mass is 450 g/mol. The third kappa shape index (κ3) is 5.00. The lowest BCUT2D eigenvalue weighted by Crippen LogP contribution is -2.52. The fourth-order valence-corrected chi connectivity index (χ4v) is 5.41. The van der Waals surface area contributed by atoms with E-state index < -0.39 is 29.8 Å². The van der Waals surface area contributed by atoms with Gasteiger partial charge in [-0.1, -0.05) is 25.5 Å². The Morgan fingerprint density at radius 3 is 2.59 bits per heavy atom. The second kappa shape index (κ2) is 11.2. The quantitative estimate of drug-likeness (QED) is 0.413. The van der Waals surface area contributed by atoms with Crippen LogP contribution in [0, 0.1) is 23.7 Å². The lowest BCUT2D eigenvalue weighted by atomic mass is 9.68. The first-order valence-electron chi connectivity index (χ1n) is 11.8. The van der Waals surface area contributed by atoms with Gasteiger partial charge in [-0.2, -0.15) is 0 Å². The van der Waals surface area contributed by atoms with Gasteiger partial charge in [0, 0.05) is 39.1 Å². The molecule has 6 atom stereocenters. The van der Waals surface area contributed by atoms with E-state index in [1.54, 1.807) is 14.0 Å². The van der Waals surface area contributed by atoms with Crippen molar-refractivity contribution in [2.45, 2.75) is 38.8 Å². The molecule has 3 amide bonds. The Balaban J connectivity index is 1.81. The van der Waals surface area contributed by atoms with Crippen LogP contribution in [-0.4, -0.2) is 97.8 Å². The number of hydrogen-bond donors (Lipinski definition) is 3. The number of rotatable bonds is 9. The number of carbonyl (C=O) groups is 3. The van der Waals surface area contributed by atoms with Crippen LogP contribution in [0.15, 0.2) is 12.2 Å². The van der Waals surface area contributed by atoms with E-state index in [-0.39, 0.29) is 30.2 Å². The third-order valence-electron chi connectivity index (χ3n) is 7.06. The van der Waals surface area contributed by atoms with E-state index >= 15 is 0 Å². The number of aliphatic hydroxyl groups is 1. The summed E-state index contributed by atoms with van der Waals surface area (Å²) in [6.07, 6.45) is 5.67. The Labute approximate surface area is 190 Å². The molecule has 180 valence electrons. The van der Waals surface area contributed by atoms with Crippen molar-refractivity contribution in [3.05, 3.63) is 12.2 Å². The number of fused-ring (bicyclic) bond motifs is 1. The molecule has 0 aromatic rings. The van der Waals surface area contributed by atoms with Crippen LogP contribution in [0.2, 0.25) is 0 Å². The van der Waals surface area contributed by atoms with E-state index in [1.807, 2.05) is 12.2 Å². The maximum Gasteiger partial charge on any atom is 0.243 e. The van der Waals surface area contributed by atoms with E-state index in [1.165, 1.54) is 4.90 Å². The fourth-order valence-electron chi connectivity index (χ4n) is 5.41. The van der Waals surface area contributed by atoms with Crippen LogP contribution in [0.25, 0.3) is 0 Å². The highest BCUT2D eigenvalue weighted by atomic mass is 16.5. The number of amides is 3. The minimum absolute atomic E-state index is 0.0421. The standard InChI is InChI=1S/C23H38N4O5/c1-4-5-16-6-7-17-19(18(16)21(29)24-3)23(31)27(15(2)14-28)20(17)22(30)25-8-9-26-10-12-32-13-11-26/h6-7,15-20,28H,4-5,8-14H2,1-3H3,(H,24,29)(H,25,30)/t15-,16-,17+,18-,19+,20+/m1/s1. The van der Waals surface area contributed by atoms with Crippen LogP contribution < -0.4 is 10.6 Å². The van der Waals surface area contributed by atoms with Gasteiger partial charge in [-0.05, 0) is 19.3 Å². The van der Waals surface area contributed by atoms with Crippen LogP contribution >= 0.6 is 0 Å². The van der Waals surface area contributed by atoms with Gasteiger partial charge in [0.2, 0.25) is 17.7 Å². The van der Waals surface area contributed by atoms with E-state index in [4.69, 9.17) is 4.74 Å². The van der Waals surface area contributed by atoms with Gasteiger partial charge in [0.1, 0.15) is 6.04 Å². The van der Waals surface area contributed by atoms with Crippen molar-refractivity contribution in [2.24, 2.45) is 23.7 Å². The molecule has 0 aromatic carbocycles. The Morgan fingerprint density at radius 2 is 1.97 bits per heavy atom. The first-order chi connectivity index (χ1) is 15.4. The topological polar surface area (TPSA) is 111 Å². The Bertz CT molecular complexity index is 709. The van der Waals surface area contributed by atoms with E-state index in [0.29, 0.717) is 26.3 Å². The second-order valence-electron chi connectivity index (χ2n) is 9.05. The molecule has 2 heterocycles. The molecule has 2 saturated heterocycles. The number of nitrogens with zero attached hydrogens (tertiary/aromatic N) is 2. The molecule has 3 rings (SSSR count). The summed E-state index contributed by atoms with van der Waals surface area (Å²) < 4.78 is 5.36. The van der Waals surface area contributed by atoms with Crippen molar-refractivity contribution in [1.29, 1.82) is 0 Å². The van der Waals surface area contributed by atoms with Gasteiger partial charge in [0.05, 0.1) is 37.7 Å². The van der Waals surface area contributed by atoms with E-state index in [0.717, 1.165) is 25.9 Å². The van der Waals surface area contributed by atoms with Crippen molar-refractivity contribution in [1.82, 2.24) is 20.4 Å². The minimum Gasteiger partial charge on any atom is -0.394 e. The zero-order valence-corrected chi connectivity index (χ0v) is 19.5. The first-order valence-corrected chi connectivity index (χ1v) is 11.8. The van der Waals surface area contributed by atoms with Crippen LogP contribution in [0.1, 0.15) is 26.7 Å². The summed E-state index contributed by atoms with van der Waals surface area (Å²) in [4.78, 5) is 43.4. The fraction of sp³-hybridized carbons (Fsp3) is 0.783. The number of allylic oxidation sites excluding steroid dienone is 1. The number of hydrogen-bond acceptors (Lipinski definition) is 6. The van der Waals surface area contributed by atoms with Crippen LogP contribution in [0.3, 0.4) is 0 Å². The lowest BCUT2D eigenvalue weighted by molar-refractivity contribution is -0.143. The molecule has 0 spiro atoms. The summed E-state index contributed by atoms with van der Waals surface area (Å²) in [5.74, 6) is -2.16. The molecule has 0 radical (unpaired) electrons. The van der Waals surface area contributed by atoms with Gasteiger partial charge in [0.15, 0.2) is 0 Å². The van der Waals surface area contributed by atoms with Gasteiger partial charge < -0.3 is 25.4 Å². The Kier molecular flexibility index (Phi) is 8.67. The summed E-state index contributed by atoms with van der Waals surface area (Å²) in [5.41, 5.74) is 0. The van der Waals surface area contributed by atoms with Crippen LogP contribution in [-0.2, 0) is 19.1 Å². The molecule has 3 N–H and O–H groups in total. The summed E-state index contributed by atoms with van der Waals surface area (Å²) in [6, 6.07) is -1.24. The predicted molar refractivity (Wildman–Crippen MR) is 120 cm³/mol. The number of carbonyl (C=O) groups excluding carboxylic acids is 3. The average molecular weight is 451 g/mol. The maximum atomic E-state index is 13.6. The summed E-state index contributed by atoms with van der Waals surface area (Å²) in [7, 11) is 1.59. The Hall–Kier alpha value is -1.97. The van der Waals surface area contributed by atoms with Crippen molar-refractivity contribution in [2.75, 3.05) is 53.0 Å². The molecule has 0 saturated carbocycles. The number of ether oxygens (including phenoxy) is 1. The highest BCUT2D eigenvalue weighted by molar-refractivity contribution is 5.97. The molecular formula is C23H38N4O5. The van der Waals surface area contributed by atoms with Gasteiger partial charge in [0.25, 0.3) is 0 Å². The van der Waals surface area contributed by atoms with Gasteiger partial charge in [-0.25, -0.2) is 0 Å². The highest BCUT2D eigenvalue weighted by Gasteiger charge is 2.57. The van der Waals surface area contributed by atoms with Crippen molar-refractivity contribution < 1.29 is 24.2 Å². The molecule has 9 nitrogen and oxygen atoms in total. The van der Waals surface area contributed by atoms with Crippen molar-refractivity contribution in [3.63, 3.8) is 0 Å². The summed E-state index contributed by atoms with van der Waals surface area (Å²) in [6.45, 7) is 7.82. The smallest absolute Gasteiger partial charge is 0.243 e. The number of aliphatic hydroxyl groups excluding tert-OH is 1. The first kappa shape index (κ1) is 24.7. The second-order valence-corrected chi connectivity index (χ2v) is 9.05. The molecule has 0 aromatic heterocycles. The molecule has 2 aliphatic heterocycles. The predicted octanol–water partition coefficient (Wildman–Crippen LogP) is -0.393. The van der Waals surface area contributed by atoms with E-state index in [9.17, 15) is 19.5 Å². The number of nitrogens with one attached hydrogen (secondary N) is 2. The maximum absolute atomic E-state index is 13.6. The van der Waals surface area contributed by atoms with Crippen LogP contribution in [0.5, 0.6) is 0 Å². The molecule has 0 bridgehead atoms. The molecule has 1 aliphatic carbocycles. The van der Waals surface area contributed by atoms with Crippen molar-refractivity contribution >= 4 is 17.7 Å². The number of likely N-dealkylation sites (tertiary alicyclic amines) is 1. The molecule has 0 unspecified atom stereocenters. The molecule has 3 aliphatic rings. The summed E-state index contributed by atoms with van der Waals surface area (Å²) >= 11 is 0. The zero-order valence-electron chi connectivity index (χ0n) is 19.5. The van der Waals surface area contributed by atoms with Crippen LogP contribution in [0.4, 0.5) is 0 Å². The van der Waals surface area contributed by atoms with Gasteiger partial charge in [-0.3, -0.25) is 19.3 Å². The van der Waals surface area contributed by atoms with E-state index in [2.05, 4.69) is 22.5 Å². The summed E-state index contributed by atoms with van der Waals surface area (Å²) in [5, 5.41) is 15.5. The normalized spacial score (nSPS) is 31.3. The van der Waals surface area contributed by atoms with Gasteiger partial charge >= 0.3 is 0 Å². The zero-order chi connectivity index (χ0) is 23.3. The third-order valence-corrected chi connectivity index (χ3v) is 7.06. The van der Waals surface area contributed by atoms with Gasteiger partial charge in [-0.15, -0.1) is 0 Å². The lowest BCUT2D eigenvalue weighted by Gasteiger charge is -2.34. The molecular weight excluding hydrogens is 412 g/mol. The Morgan fingerprint density at radius 1 is 1.25 bits per heavy atom. The highest BCUT2D eigenvalue weighted by Crippen LogP contribution is 2.45. The van der Waals surface area contributed by atoms with Crippen molar-refractivity contribution in [3.8, 4) is 0 Å². The molecule has 32 heavy (non-hydrogen) atoms. The number of morpholine rings is 1. The largest absolute Gasteiger partial charge is 0.394 e.